The molecule has 112 valence electrons. The van der Waals surface area contributed by atoms with Gasteiger partial charge in [-0.05, 0) is 48.2 Å². The molecule has 0 aromatic heterocycles. The van der Waals surface area contributed by atoms with Gasteiger partial charge in [0.1, 0.15) is 11.5 Å². The van der Waals surface area contributed by atoms with Crippen LogP contribution in [0.25, 0.3) is 0 Å². The van der Waals surface area contributed by atoms with Crippen LogP contribution in [0.1, 0.15) is 43.7 Å². The minimum atomic E-state index is -1.00. The predicted octanol–water partition coefficient (Wildman–Crippen LogP) is 3.89. The van der Waals surface area contributed by atoms with Crippen LogP contribution in [0.5, 0.6) is 11.5 Å². The number of phenols is 2. The number of aromatic hydroxyl groups is 2. The molecule has 2 atom stereocenters. The maximum Gasteiger partial charge on any atom is 0.115 e. The second kappa shape index (κ2) is 6.19. The summed E-state index contributed by atoms with van der Waals surface area (Å²) >= 11 is 0. The van der Waals surface area contributed by atoms with E-state index in [2.05, 4.69) is 0 Å². The quantitative estimate of drug-likeness (QED) is 0.781. The Morgan fingerprint density at radius 1 is 0.857 bits per heavy atom. The van der Waals surface area contributed by atoms with E-state index in [-0.39, 0.29) is 17.4 Å². The minimum Gasteiger partial charge on any atom is -0.508 e. The van der Waals surface area contributed by atoms with Crippen molar-refractivity contribution in [3.05, 3.63) is 59.7 Å². The first kappa shape index (κ1) is 15.4. The molecule has 0 heterocycles. The number of rotatable bonds is 5. The average Bonchev–Trinajstić information content (AvgIpc) is 2.50. The molecule has 0 aliphatic heterocycles. The monoisotopic (exact) mass is 286 g/mol. The van der Waals surface area contributed by atoms with Gasteiger partial charge in [0.25, 0.3) is 0 Å². The Morgan fingerprint density at radius 2 is 1.33 bits per heavy atom. The van der Waals surface area contributed by atoms with Gasteiger partial charge in [-0.25, -0.2) is 0 Å². The standard InChI is InChI=1S/C18H22O3/c1-3-17(13-5-9-15(19)10-6-13)18(21,4-2)14-7-11-16(20)12-8-14/h5-12,17,19-21H,3-4H2,1-2H3. The molecule has 0 saturated heterocycles. The van der Waals surface area contributed by atoms with E-state index in [4.69, 9.17) is 0 Å². The van der Waals surface area contributed by atoms with Crippen LogP contribution in [0.4, 0.5) is 0 Å². The lowest BCUT2D eigenvalue weighted by molar-refractivity contribution is 0.00143. The summed E-state index contributed by atoms with van der Waals surface area (Å²) in [6, 6.07) is 13.7. The average molecular weight is 286 g/mol. The van der Waals surface area contributed by atoms with Crippen molar-refractivity contribution in [1.82, 2.24) is 0 Å². The highest BCUT2D eigenvalue weighted by molar-refractivity contribution is 5.36. The number of aliphatic hydroxyl groups is 1. The summed E-state index contributed by atoms with van der Waals surface area (Å²) in [6.07, 6.45) is 1.34. The largest absolute Gasteiger partial charge is 0.508 e. The van der Waals surface area contributed by atoms with Gasteiger partial charge in [-0.2, -0.15) is 0 Å². The number of hydrogen-bond donors (Lipinski definition) is 3. The molecule has 3 N–H and O–H groups in total. The van der Waals surface area contributed by atoms with Crippen molar-refractivity contribution >= 4 is 0 Å². The van der Waals surface area contributed by atoms with Gasteiger partial charge in [0.15, 0.2) is 0 Å². The van der Waals surface area contributed by atoms with E-state index >= 15 is 0 Å². The first-order valence-corrected chi connectivity index (χ1v) is 7.32. The third kappa shape index (κ3) is 3.03. The van der Waals surface area contributed by atoms with Crippen molar-refractivity contribution in [2.75, 3.05) is 0 Å². The van der Waals surface area contributed by atoms with Gasteiger partial charge in [-0.3, -0.25) is 0 Å². The Hall–Kier alpha value is -2.00. The van der Waals surface area contributed by atoms with Crippen LogP contribution >= 0.6 is 0 Å². The van der Waals surface area contributed by atoms with Gasteiger partial charge in [0, 0.05) is 5.92 Å². The fraction of sp³-hybridized carbons (Fsp3) is 0.333. The van der Waals surface area contributed by atoms with Gasteiger partial charge in [-0.15, -0.1) is 0 Å². The molecule has 2 aromatic rings. The summed E-state index contributed by atoms with van der Waals surface area (Å²) in [5, 5.41) is 30.1. The zero-order chi connectivity index (χ0) is 15.5. The highest BCUT2D eigenvalue weighted by Gasteiger charge is 2.36. The fourth-order valence-electron chi connectivity index (χ4n) is 2.96. The highest BCUT2D eigenvalue weighted by atomic mass is 16.3. The number of hydrogen-bond acceptors (Lipinski definition) is 3. The summed E-state index contributed by atoms with van der Waals surface area (Å²) in [6.45, 7) is 3.99. The summed E-state index contributed by atoms with van der Waals surface area (Å²) in [5.41, 5.74) is 0.787. The van der Waals surface area contributed by atoms with E-state index in [0.717, 1.165) is 17.5 Å². The lowest BCUT2D eigenvalue weighted by Crippen LogP contribution is -2.32. The lowest BCUT2D eigenvalue weighted by atomic mass is 9.74. The zero-order valence-corrected chi connectivity index (χ0v) is 12.5. The molecule has 3 heteroatoms. The molecule has 0 radical (unpaired) electrons. The number of benzene rings is 2. The van der Waals surface area contributed by atoms with E-state index in [0.29, 0.717) is 6.42 Å². The van der Waals surface area contributed by atoms with E-state index in [1.54, 1.807) is 36.4 Å². The third-order valence-corrected chi connectivity index (χ3v) is 4.19. The molecule has 0 spiro atoms. The van der Waals surface area contributed by atoms with Gasteiger partial charge < -0.3 is 15.3 Å². The second-order valence-electron chi connectivity index (χ2n) is 5.38. The first-order valence-electron chi connectivity index (χ1n) is 7.32. The SMILES string of the molecule is CCC(c1ccc(O)cc1)C(O)(CC)c1ccc(O)cc1. The summed E-state index contributed by atoms with van der Waals surface area (Å²) in [7, 11) is 0. The summed E-state index contributed by atoms with van der Waals surface area (Å²) in [5.74, 6) is 0.334. The van der Waals surface area contributed by atoms with Crippen LogP contribution in [-0.2, 0) is 5.60 Å². The van der Waals surface area contributed by atoms with Crippen molar-refractivity contribution < 1.29 is 15.3 Å². The Labute approximate surface area is 125 Å². The van der Waals surface area contributed by atoms with Crippen molar-refractivity contribution in [2.24, 2.45) is 0 Å². The van der Waals surface area contributed by atoms with E-state index < -0.39 is 5.60 Å². The van der Waals surface area contributed by atoms with Crippen LogP contribution in [0.2, 0.25) is 0 Å². The highest BCUT2D eigenvalue weighted by Crippen LogP contribution is 2.42. The zero-order valence-electron chi connectivity index (χ0n) is 12.5. The van der Waals surface area contributed by atoms with E-state index in [9.17, 15) is 15.3 Å². The Kier molecular flexibility index (Phi) is 4.53. The smallest absolute Gasteiger partial charge is 0.115 e. The molecule has 2 aromatic carbocycles. The van der Waals surface area contributed by atoms with Crippen molar-refractivity contribution in [1.29, 1.82) is 0 Å². The van der Waals surface area contributed by atoms with Crippen molar-refractivity contribution in [2.45, 2.75) is 38.2 Å². The van der Waals surface area contributed by atoms with Crippen LogP contribution in [0, 0.1) is 0 Å². The lowest BCUT2D eigenvalue weighted by Gasteiger charge is -2.36. The van der Waals surface area contributed by atoms with E-state index in [1.165, 1.54) is 0 Å². The topological polar surface area (TPSA) is 60.7 Å². The van der Waals surface area contributed by atoms with Crippen LogP contribution < -0.4 is 0 Å². The van der Waals surface area contributed by atoms with Gasteiger partial charge in [0.2, 0.25) is 0 Å². The van der Waals surface area contributed by atoms with Crippen LogP contribution in [-0.4, -0.2) is 15.3 Å². The summed E-state index contributed by atoms with van der Waals surface area (Å²) in [4.78, 5) is 0. The molecule has 0 saturated carbocycles. The van der Waals surface area contributed by atoms with Gasteiger partial charge >= 0.3 is 0 Å². The molecule has 0 aliphatic carbocycles. The minimum absolute atomic E-state index is 0.0763. The van der Waals surface area contributed by atoms with Crippen LogP contribution in [0.3, 0.4) is 0 Å². The number of phenolic OH excluding ortho intramolecular Hbond substituents is 2. The maximum atomic E-state index is 11.2. The maximum absolute atomic E-state index is 11.2. The second-order valence-corrected chi connectivity index (χ2v) is 5.38. The first-order chi connectivity index (χ1) is 10.0. The molecule has 2 unspecified atom stereocenters. The molecule has 0 bridgehead atoms. The third-order valence-electron chi connectivity index (χ3n) is 4.19. The van der Waals surface area contributed by atoms with Gasteiger partial charge in [0.05, 0.1) is 5.60 Å². The van der Waals surface area contributed by atoms with Crippen molar-refractivity contribution in [3.63, 3.8) is 0 Å². The fourth-order valence-corrected chi connectivity index (χ4v) is 2.96. The molecule has 2 rings (SSSR count). The normalized spacial score (nSPS) is 15.4. The van der Waals surface area contributed by atoms with Crippen LogP contribution in [0.15, 0.2) is 48.5 Å². The molecule has 3 nitrogen and oxygen atoms in total. The Balaban J connectivity index is 2.45. The van der Waals surface area contributed by atoms with E-state index in [1.807, 2.05) is 26.0 Å². The van der Waals surface area contributed by atoms with Crippen molar-refractivity contribution in [3.8, 4) is 11.5 Å². The molecular weight excluding hydrogens is 264 g/mol. The predicted molar refractivity (Wildman–Crippen MR) is 83.4 cm³/mol. The molecule has 0 aliphatic rings. The molecule has 0 fully saturated rings. The Morgan fingerprint density at radius 3 is 1.76 bits per heavy atom. The molecular formula is C18H22O3. The molecule has 21 heavy (non-hydrogen) atoms. The Bertz CT molecular complexity index is 574. The van der Waals surface area contributed by atoms with Gasteiger partial charge in [-0.1, -0.05) is 38.1 Å². The molecule has 0 amide bonds. The summed E-state index contributed by atoms with van der Waals surface area (Å²) < 4.78 is 0.